The average molecular weight is 245 g/mol. The van der Waals surface area contributed by atoms with E-state index in [1.165, 1.54) is 18.2 Å². The Balaban J connectivity index is 2.34. The van der Waals surface area contributed by atoms with Gasteiger partial charge in [-0.25, -0.2) is 8.78 Å². The van der Waals surface area contributed by atoms with Gasteiger partial charge in [0.2, 0.25) is 0 Å². The summed E-state index contributed by atoms with van der Waals surface area (Å²) < 4.78 is 31.6. The monoisotopic (exact) mass is 245 g/mol. The fourth-order valence-electron chi connectivity index (χ4n) is 1.44. The molecule has 0 amide bonds. The zero-order valence-corrected chi connectivity index (χ0v) is 9.58. The van der Waals surface area contributed by atoms with Gasteiger partial charge >= 0.3 is 0 Å². The lowest BCUT2D eigenvalue weighted by Crippen LogP contribution is -1.91. The first-order valence-corrected chi connectivity index (χ1v) is 5.24. The molecule has 18 heavy (non-hydrogen) atoms. The molecule has 2 aromatic rings. The molecule has 0 N–H and O–H groups in total. The van der Waals surface area contributed by atoms with Crippen molar-refractivity contribution in [1.29, 1.82) is 5.26 Å². The maximum absolute atomic E-state index is 13.3. The van der Waals surface area contributed by atoms with Crippen LogP contribution in [0.25, 0.3) is 0 Å². The molecule has 0 saturated heterocycles. The van der Waals surface area contributed by atoms with Crippen molar-refractivity contribution in [2.24, 2.45) is 0 Å². The Labute approximate surface area is 103 Å². The number of rotatable bonds is 2. The molecule has 0 bridgehead atoms. The molecular weight excluding hydrogens is 236 g/mol. The minimum absolute atomic E-state index is 0.0657. The maximum atomic E-state index is 13.3. The Hall–Kier alpha value is -2.41. The van der Waals surface area contributed by atoms with Crippen molar-refractivity contribution in [1.82, 2.24) is 0 Å². The van der Waals surface area contributed by atoms with Crippen LogP contribution in [-0.2, 0) is 0 Å². The van der Waals surface area contributed by atoms with Crippen molar-refractivity contribution in [2.75, 3.05) is 0 Å². The first-order valence-electron chi connectivity index (χ1n) is 5.24. The number of halogens is 2. The summed E-state index contributed by atoms with van der Waals surface area (Å²) in [7, 11) is 0. The van der Waals surface area contributed by atoms with E-state index in [1.807, 2.05) is 6.07 Å². The van der Waals surface area contributed by atoms with E-state index < -0.39 is 11.6 Å². The highest BCUT2D eigenvalue weighted by molar-refractivity contribution is 5.45. The van der Waals surface area contributed by atoms with E-state index in [4.69, 9.17) is 10.00 Å². The highest BCUT2D eigenvalue weighted by Gasteiger charge is 2.07. The van der Waals surface area contributed by atoms with Crippen LogP contribution in [0.2, 0.25) is 0 Å². The Kier molecular flexibility index (Phi) is 3.24. The van der Waals surface area contributed by atoms with Crippen molar-refractivity contribution >= 4 is 0 Å². The molecule has 2 aromatic carbocycles. The molecule has 0 unspecified atom stereocenters. The molecule has 0 aliphatic rings. The predicted molar refractivity (Wildman–Crippen MR) is 62.3 cm³/mol. The highest BCUT2D eigenvalue weighted by atomic mass is 19.1. The van der Waals surface area contributed by atoms with Gasteiger partial charge in [0.25, 0.3) is 0 Å². The number of benzene rings is 2. The van der Waals surface area contributed by atoms with Gasteiger partial charge in [0.15, 0.2) is 0 Å². The Morgan fingerprint density at radius 2 is 1.89 bits per heavy atom. The summed E-state index contributed by atoms with van der Waals surface area (Å²) in [4.78, 5) is 0. The van der Waals surface area contributed by atoms with Gasteiger partial charge in [-0.05, 0) is 36.8 Å². The number of hydrogen-bond donors (Lipinski definition) is 0. The van der Waals surface area contributed by atoms with E-state index in [0.717, 1.165) is 6.07 Å². The van der Waals surface area contributed by atoms with Crippen LogP contribution in [0.3, 0.4) is 0 Å². The van der Waals surface area contributed by atoms with E-state index in [1.54, 1.807) is 19.1 Å². The highest BCUT2D eigenvalue weighted by Crippen LogP contribution is 2.26. The third-order valence-corrected chi connectivity index (χ3v) is 2.43. The van der Waals surface area contributed by atoms with Gasteiger partial charge in [-0.1, -0.05) is 6.07 Å². The van der Waals surface area contributed by atoms with E-state index in [9.17, 15) is 8.78 Å². The largest absolute Gasteiger partial charge is 0.456 e. The Morgan fingerprint density at radius 1 is 1.11 bits per heavy atom. The van der Waals surface area contributed by atoms with Crippen LogP contribution in [0, 0.1) is 29.9 Å². The summed E-state index contributed by atoms with van der Waals surface area (Å²) >= 11 is 0. The first kappa shape index (κ1) is 12.1. The lowest BCUT2D eigenvalue weighted by molar-refractivity contribution is 0.472. The summed E-state index contributed by atoms with van der Waals surface area (Å²) in [6.07, 6.45) is 0. The predicted octanol–water partition coefficient (Wildman–Crippen LogP) is 3.94. The maximum Gasteiger partial charge on any atom is 0.145 e. The molecule has 0 aliphatic carbocycles. The number of nitrogens with zero attached hydrogens (tertiary/aromatic N) is 1. The summed E-state index contributed by atoms with van der Waals surface area (Å²) in [6.45, 7) is 1.64. The SMILES string of the molecule is Cc1ccc(Oc2ccc(F)cc2C#N)cc1F. The van der Waals surface area contributed by atoms with Gasteiger partial charge in [0, 0.05) is 6.07 Å². The van der Waals surface area contributed by atoms with Crippen LogP contribution >= 0.6 is 0 Å². The van der Waals surface area contributed by atoms with Crippen molar-refractivity contribution in [3.8, 4) is 17.6 Å². The molecular formula is C14H9F2NO. The van der Waals surface area contributed by atoms with Gasteiger partial charge in [0.1, 0.15) is 29.2 Å². The quantitative estimate of drug-likeness (QED) is 0.802. The van der Waals surface area contributed by atoms with Crippen molar-refractivity contribution in [2.45, 2.75) is 6.92 Å². The van der Waals surface area contributed by atoms with Gasteiger partial charge in [0.05, 0.1) is 5.56 Å². The van der Waals surface area contributed by atoms with E-state index in [2.05, 4.69) is 0 Å². The van der Waals surface area contributed by atoms with Crippen LogP contribution in [0.1, 0.15) is 11.1 Å². The second-order valence-electron chi connectivity index (χ2n) is 3.77. The van der Waals surface area contributed by atoms with Gasteiger partial charge < -0.3 is 4.74 Å². The molecule has 0 spiro atoms. The minimum atomic E-state index is -0.519. The fourth-order valence-corrected chi connectivity index (χ4v) is 1.44. The van der Waals surface area contributed by atoms with Crippen LogP contribution in [-0.4, -0.2) is 0 Å². The number of hydrogen-bond acceptors (Lipinski definition) is 2. The second-order valence-corrected chi connectivity index (χ2v) is 3.77. The molecule has 0 saturated carbocycles. The van der Waals surface area contributed by atoms with Gasteiger partial charge in [-0.15, -0.1) is 0 Å². The third-order valence-electron chi connectivity index (χ3n) is 2.43. The van der Waals surface area contributed by atoms with Gasteiger partial charge in [-0.3, -0.25) is 0 Å². The normalized spacial score (nSPS) is 9.89. The zero-order chi connectivity index (χ0) is 13.1. The lowest BCUT2D eigenvalue weighted by atomic mass is 10.2. The number of nitriles is 1. The molecule has 0 atom stereocenters. The number of aryl methyl sites for hydroxylation is 1. The summed E-state index contributed by atoms with van der Waals surface area (Å²) in [5.41, 5.74) is 0.568. The van der Waals surface area contributed by atoms with Crippen LogP contribution in [0.5, 0.6) is 11.5 Å². The average Bonchev–Trinajstić information content (AvgIpc) is 2.36. The van der Waals surface area contributed by atoms with Crippen LogP contribution in [0.4, 0.5) is 8.78 Å². The molecule has 2 nitrogen and oxygen atoms in total. The standard InChI is InChI=1S/C14H9F2NO/c1-9-2-4-12(7-13(9)16)18-14-5-3-11(15)6-10(14)8-17/h2-7H,1H3. The van der Waals surface area contributed by atoms with E-state index >= 15 is 0 Å². The van der Waals surface area contributed by atoms with Gasteiger partial charge in [-0.2, -0.15) is 5.26 Å². The molecule has 0 aromatic heterocycles. The molecule has 0 heterocycles. The molecule has 90 valence electrons. The zero-order valence-electron chi connectivity index (χ0n) is 9.58. The molecule has 4 heteroatoms. The van der Waals surface area contributed by atoms with Crippen LogP contribution < -0.4 is 4.74 Å². The van der Waals surface area contributed by atoms with E-state index in [0.29, 0.717) is 5.56 Å². The number of ether oxygens (including phenoxy) is 1. The smallest absolute Gasteiger partial charge is 0.145 e. The summed E-state index contributed by atoms with van der Waals surface area (Å²) in [6, 6.07) is 9.79. The van der Waals surface area contributed by atoms with Crippen LogP contribution in [0.15, 0.2) is 36.4 Å². The van der Waals surface area contributed by atoms with Crippen molar-refractivity contribution < 1.29 is 13.5 Å². The van der Waals surface area contributed by atoms with E-state index in [-0.39, 0.29) is 17.1 Å². The van der Waals surface area contributed by atoms with Crippen molar-refractivity contribution in [3.63, 3.8) is 0 Å². The Morgan fingerprint density at radius 3 is 2.56 bits per heavy atom. The summed E-state index contributed by atoms with van der Waals surface area (Å²) in [5.74, 6) is -0.453. The topological polar surface area (TPSA) is 33.0 Å². The first-order chi connectivity index (χ1) is 8.60. The second kappa shape index (κ2) is 4.84. The van der Waals surface area contributed by atoms with Crippen molar-refractivity contribution in [3.05, 3.63) is 59.2 Å². The molecule has 0 fully saturated rings. The fraction of sp³-hybridized carbons (Fsp3) is 0.0714. The minimum Gasteiger partial charge on any atom is -0.456 e. The molecule has 0 aliphatic heterocycles. The molecule has 0 radical (unpaired) electrons. The lowest BCUT2D eigenvalue weighted by Gasteiger charge is -2.08. The molecule has 2 rings (SSSR count). The summed E-state index contributed by atoms with van der Waals surface area (Å²) in [5, 5.41) is 8.85. The third kappa shape index (κ3) is 2.46. The Bertz CT molecular complexity index is 632.